The zero-order chi connectivity index (χ0) is 20.3. The third-order valence-electron chi connectivity index (χ3n) is 3.79. The number of nitrogens with one attached hydrogen (secondary N) is 2. The summed E-state index contributed by atoms with van der Waals surface area (Å²) in [6, 6.07) is 0.626. The third kappa shape index (κ3) is 4.57. The Morgan fingerprint density at radius 3 is 2.52 bits per heavy atom. The zero-order valence-electron chi connectivity index (χ0n) is 15.7. The summed E-state index contributed by atoms with van der Waals surface area (Å²) in [7, 11) is 1.30. The Bertz CT molecular complexity index is 792. The summed E-state index contributed by atoms with van der Waals surface area (Å²) in [6.07, 6.45) is -0.0652. The van der Waals surface area contributed by atoms with Crippen LogP contribution in [0.15, 0.2) is 26.3 Å². The quantitative estimate of drug-likeness (QED) is 0.566. The van der Waals surface area contributed by atoms with Gasteiger partial charge in [-0.3, -0.25) is 0 Å². The van der Waals surface area contributed by atoms with E-state index in [1.54, 1.807) is 13.0 Å². The van der Waals surface area contributed by atoms with Crippen molar-refractivity contribution >= 4 is 43.9 Å². The van der Waals surface area contributed by atoms with E-state index in [2.05, 4.69) is 42.5 Å². The van der Waals surface area contributed by atoms with Crippen LogP contribution in [0.4, 0.5) is 4.79 Å². The number of halogens is 2. The van der Waals surface area contributed by atoms with E-state index in [9.17, 15) is 9.59 Å². The van der Waals surface area contributed by atoms with Crippen LogP contribution in [0.5, 0.6) is 11.5 Å². The molecule has 0 bridgehead atoms. The standard InChI is InChI=1S/C18H22Br2N2O5/c1-6-26-11-7-10(13(19)14(20)16(11)27-8(2)3)15-12(17(23)25-5)9(4)21-18(24)22-15/h7-8,15H,6H2,1-5H3,(H2,21,22,24)/t15-/m0/s1. The van der Waals surface area contributed by atoms with Crippen LogP contribution in [0.3, 0.4) is 0 Å². The molecule has 0 fully saturated rings. The molecule has 0 saturated carbocycles. The molecular weight excluding hydrogens is 484 g/mol. The van der Waals surface area contributed by atoms with E-state index in [-0.39, 0.29) is 6.10 Å². The van der Waals surface area contributed by atoms with Gasteiger partial charge in [0.05, 0.1) is 35.9 Å². The lowest BCUT2D eigenvalue weighted by molar-refractivity contribution is -0.136. The van der Waals surface area contributed by atoms with Gasteiger partial charge in [0.15, 0.2) is 11.5 Å². The van der Waals surface area contributed by atoms with Crippen molar-refractivity contribution in [2.45, 2.75) is 39.8 Å². The lowest BCUT2D eigenvalue weighted by Gasteiger charge is -2.29. The van der Waals surface area contributed by atoms with Gasteiger partial charge in [0, 0.05) is 10.2 Å². The summed E-state index contributed by atoms with van der Waals surface area (Å²) < 4.78 is 17.8. The molecule has 0 aromatic heterocycles. The molecule has 0 radical (unpaired) electrons. The number of urea groups is 1. The summed E-state index contributed by atoms with van der Waals surface area (Å²) in [5.74, 6) is 0.516. The van der Waals surface area contributed by atoms with Gasteiger partial charge >= 0.3 is 12.0 Å². The number of ether oxygens (including phenoxy) is 3. The maximum atomic E-state index is 12.3. The summed E-state index contributed by atoms with van der Waals surface area (Å²) in [4.78, 5) is 24.4. The number of hydrogen-bond donors (Lipinski definition) is 2. The van der Waals surface area contributed by atoms with Gasteiger partial charge in [-0.05, 0) is 71.2 Å². The highest BCUT2D eigenvalue weighted by Gasteiger charge is 2.34. The molecule has 27 heavy (non-hydrogen) atoms. The molecule has 0 unspecified atom stereocenters. The highest BCUT2D eigenvalue weighted by atomic mass is 79.9. The number of carbonyl (C=O) groups excluding carboxylic acids is 2. The first kappa shape index (κ1) is 21.6. The number of hydrogen-bond acceptors (Lipinski definition) is 5. The fraction of sp³-hybridized carbons (Fsp3) is 0.444. The lowest BCUT2D eigenvalue weighted by Crippen LogP contribution is -2.45. The molecule has 7 nitrogen and oxygen atoms in total. The van der Waals surface area contributed by atoms with Gasteiger partial charge in [0.2, 0.25) is 0 Å². The first-order chi connectivity index (χ1) is 12.7. The van der Waals surface area contributed by atoms with Crippen molar-refractivity contribution in [1.82, 2.24) is 10.6 Å². The van der Waals surface area contributed by atoms with Gasteiger partial charge in [-0.15, -0.1) is 0 Å². The molecule has 2 rings (SSSR count). The van der Waals surface area contributed by atoms with Crippen molar-refractivity contribution in [3.8, 4) is 11.5 Å². The Kier molecular flexibility index (Phi) is 7.16. The van der Waals surface area contributed by atoms with Crippen LogP contribution in [0.2, 0.25) is 0 Å². The molecular formula is C18H22Br2N2O5. The second-order valence-corrected chi connectivity index (χ2v) is 7.67. The number of esters is 1. The SMILES string of the molecule is CCOc1cc([C@@H]2NC(=O)NC(C)=C2C(=O)OC)c(Br)c(Br)c1OC(C)C. The Hall–Kier alpha value is -1.74. The van der Waals surface area contributed by atoms with E-state index in [0.29, 0.717) is 43.9 Å². The molecule has 0 saturated heterocycles. The van der Waals surface area contributed by atoms with Crippen LogP contribution in [0.1, 0.15) is 39.3 Å². The van der Waals surface area contributed by atoms with E-state index in [0.717, 1.165) is 0 Å². The van der Waals surface area contributed by atoms with Gasteiger partial charge < -0.3 is 24.8 Å². The largest absolute Gasteiger partial charge is 0.490 e. The van der Waals surface area contributed by atoms with Crippen LogP contribution >= 0.6 is 31.9 Å². The lowest BCUT2D eigenvalue weighted by atomic mass is 9.95. The van der Waals surface area contributed by atoms with Crippen LogP contribution in [0.25, 0.3) is 0 Å². The first-order valence-electron chi connectivity index (χ1n) is 8.39. The van der Waals surface area contributed by atoms with Crippen molar-refractivity contribution in [2.75, 3.05) is 13.7 Å². The third-order valence-corrected chi connectivity index (χ3v) is 5.94. The zero-order valence-corrected chi connectivity index (χ0v) is 18.9. The Morgan fingerprint density at radius 2 is 1.96 bits per heavy atom. The van der Waals surface area contributed by atoms with Crippen LogP contribution in [0, 0.1) is 0 Å². The molecule has 9 heteroatoms. The number of benzene rings is 1. The number of carbonyl (C=O) groups is 2. The first-order valence-corrected chi connectivity index (χ1v) is 9.97. The highest BCUT2D eigenvalue weighted by molar-refractivity contribution is 9.13. The van der Waals surface area contributed by atoms with Gasteiger partial charge in [-0.2, -0.15) is 0 Å². The monoisotopic (exact) mass is 504 g/mol. The molecule has 1 atom stereocenters. The molecule has 2 amide bonds. The van der Waals surface area contributed by atoms with Crippen molar-refractivity contribution < 1.29 is 23.8 Å². The number of methoxy groups -OCH3 is 1. The fourth-order valence-electron chi connectivity index (χ4n) is 2.73. The average molecular weight is 506 g/mol. The normalized spacial score (nSPS) is 16.7. The van der Waals surface area contributed by atoms with E-state index >= 15 is 0 Å². The van der Waals surface area contributed by atoms with Crippen LogP contribution in [-0.4, -0.2) is 31.8 Å². The molecule has 1 aliphatic rings. The van der Waals surface area contributed by atoms with E-state index in [1.807, 2.05) is 20.8 Å². The Balaban J connectivity index is 2.67. The predicted molar refractivity (Wildman–Crippen MR) is 108 cm³/mol. The minimum absolute atomic E-state index is 0.0652. The molecule has 1 aromatic rings. The number of allylic oxidation sites excluding steroid dienone is 1. The molecule has 1 aromatic carbocycles. The van der Waals surface area contributed by atoms with Crippen molar-refractivity contribution in [1.29, 1.82) is 0 Å². The summed E-state index contributed by atoms with van der Waals surface area (Å²) >= 11 is 7.09. The Morgan fingerprint density at radius 1 is 1.30 bits per heavy atom. The maximum Gasteiger partial charge on any atom is 0.337 e. The topological polar surface area (TPSA) is 85.9 Å². The maximum absolute atomic E-state index is 12.3. The van der Waals surface area contributed by atoms with Crippen LogP contribution in [-0.2, 0) is 9.53 Å². The molecule has 0 spiro atoms. The van der Waals surface area contributed by atoms with Gasteiger partial charge in [0.1, 0.15) is 0 Å². The minimum atomic E-state index is -0.718. The molecule has 1 heterocycles. The number of rotatable bonds is 6. The smallest absolute Gasteiger partial charge is 0.337 e. The fourth-order valence-corrected chi connectivity index (χ4v) is 3.77. The summed E-state index contributed by atoms with van der Waals surface area (Å²) in [5.41, 5.74) is 1.37. The molecule has 0 aliphatic carbocycles. The molecule has 2 N–H and O–H groups in total. The van der Waals surface area contributed by atoms with Crippen molar-refractivity contribution in [3.05, 3.63) is 31.8 Å². The van der Waals surface area contributed by atoms with Gasteiger partial charge in [-0.1, -0.05) is 0 Å². The second kappa shape index (κ2) is 8.97. The van der Waals surface area contributed by atoms with E-state index < -0.39 is 18.0 Å². The second-order valence-electron chi connectivity index (χ2n) is 6.08. The highest BCUT2D eigenvalue weighted by Crippen LogP contribution is 2.46. The summed E-state index contributed by atoms with van der Waals surface area (Å²) in [6.45, 7) is 7.78. The molecule has 1 aliphatic heterocycles. The average Bonchev–Trinajstić information content (AvgIpc) is 2.59. The number of amides is 2. The van der Waals surface area contributed by atoms with Crippen molar-refractivity contribution in [3.63, 3.8) is 0 Å². The van der Waals surface area contributed by atoms with Gasteiger partial charge in [-0.25, -0.2) is 9.59 Å². The van der Waals surface area contributed by atoms with Crippen molar-refractivity contribution in [2.24, 2.45) is 0 Å². The predicted octanol–water partition coefficient (Wildman–Crippen LogP) is 4.20. The molecule has 148 valence electrons. The van der Waals surface area contributed by atoms with E-state index in [4.69, 9.17) is 14.2 Å². The minimum Gasteiger partial charge on any atom is -0.490 e. The van der Waals surface area contributed by atoms with E-state index in [1.165, 1.54) is 7.11 Å². The van der Waals surface area contributed by atoms with Crippen LogP contribution < -0.4 is 20.1 Å². The summed E-state index contributed by atoms with van der Waals surface area (Å²) in [5, 5.41) is 5.37. The Labute approximate surface area is 175 Å². The van der Waals surface area contributed by atoms with Gasteiger partial charge in [0.25, 0.3) is 0 Å².